The Labute approximate surface area is 128 Å². The molecule has 1 amide bonds. The summed E-state index contributed by atoms with van der Waals surface area (Å²) >= 11 is 5.97. The Morgan fingerprint density at radius 2 is 2.33 bits per heavy atom. The highest BCUT2D eigenvalue weighted by molar-refractivity contribution is 6.32. The lowest BCUT2D eigenvalue weighted by Gasteiger charge is -2.35. The van der Waals surface area contributed by atoms with Crippen LogP contribution in [-0.2, 0) is 4.79 Å². The van der Waals surface area contributed by atoms with E-state index in [4.69, 9.17) is 16.7 Å². The normalized spacial score (nSPS) is 20.1. The van der Waals surface area contributed by atoms with Gasteiger partial charge in [-0.2, -0.15) is 0 Å². The second-order valence-corrected chi connectivity index (χ2v) is 5.93. The fourth-order valence-corrected chi connectivity index (χ4v) is 3.02. The van der Waals surface area contributed by atoms with E-state index in [0.29, 0.717) is 18.7 Å². The largest absolute Gasteiger partial charge is 0.481 e. The molecule has 0 aromatic carbocycles. The van der Waals surface area contributed by atoms with Gasteiger partial charge in [-0.3, -0.25) is 9.59 Å². The average molecular weight is 311 g/mol. The summed E-state index contributed by atoms with van der Waals surface area (Å²) in [5.41, 5.74) is 0.408. The maximum atomic E-state index is 12.5. The number of carboxylic acids is 1. The first-order valence-corrected chi connectivity index (χ1v) is 7.48. The van der Waals surface area contributed by atoms with Gasteiger partial charge in [0.25, 0.3) is 5.91 Å². The van der Waals surface area contributed by atoms with Gasteiger partial charge < -0.3 is 10.0 Å². The molecule has 1 aromatic rings. The molecule has 1 saturated heterocycles. The molecule has 1 aromatic heterocycles. The Kier molecular flexibility index (Phi) is 5.17. The van der Waals surface area contributed by atoms with Crippen molar-refractivity contribution in [1.29, 1.82) is 0 Å². The van der Waals surface area contributed by atoms with E-state index in [-0.39, 0.29) is 29.3 Å². The zero-order valence-corrected chi connectivity index (χ0v) is 12.7. The highest BCUT2D eigenvalue weighted by atomic mass is 35.5. The molecule has 0 aliphatic carbocycles. The van der Waals surface area contributed by atoms with Crippen LogP contribution in [0.2, 0.25) is 5.15 Å². The van der Waals surface area contributed by atoms with Gasteiger partial charge in [0.05, 0.1) is 5.56 Å². The predicted octanol–water partition coefficient (Wildman–Crippen LogP) is 2.70. The number of hydrogen-bond donors (Lipinski definition) is 1. The van der Waals surface area contributed by atoms with Crippen LogP contribution in [0.5, 0.6) is 0 Å². The number of aromatic nitrogens is 1. The fourth-order valence-electron chi connectivity index (χ4n) is 2.82. The Bertz CT molecular complexity index is 535. The molecule has 21 heavy (non-hydrogen) atoms. The van der Waals surface area contributed by atoms with Crippen LogP contribution in [-0.4, -0.2) is 40.0 Å². The van der Waals surface area contributed by atoms with E-state index in [1.807, 2.05) is 6.92 Å². The molecular weight excluding hydrogens is 292 g/mol. The highest BCUT2D eigenvalue weighted by Crippen LogP contribution is 2.27. The summed E-state index contributed by atoms with van der Waals surface area (Å²) in [4.78, 5) is 29.0. The summed E-state index contributed by atoms with van der Waals surface area (Å²) in [6.07, 6.45) is 3.53. The van der Waals surface area contributed by atoms with E-state index in [1.165, 1.54) is 0 Å². The molecule has 2 unspecified atom stereocenters. The molecule has 2 heterocycles. The summed E-state index contributed by atoms with van der Waals surface area (Å²) < 4.78 is 0. The number of carbonyl (C=O) groups is 2. The lowest BCUT2D eigenvalue weighted by molar-refractivity contribution is -0.138. The number of nitrogens with zero attached hydrogens (tertiary/aromatic N) is 2. The van der Waals surface area contributed by atoms with Crippen LogP contribution in [0.25, 0.3) is 0 Å². The molecule has 1 aliphatic rings. The zero-order valence-electron chi connectivity index (χ0n) is 12.0. The summed E-state index contributed by atoms with van der Waals surface area (Å²) in [5, 5.41) is 9.11. The van der Waals surface area contributed by atoms with Gasteiger partial charge >= 0.3 is 5.97 Å². The van der Waals surface area contributed by atoms with Crippen molar-refractivity contribution in [3.63, 3.8) is 0 Å². The van der Waals surface area contributed by atoms with Crippen LogP contribution in [0.15, 0.2) is 18.3 Å². The third-order valence-electron chi connectivity index (χ3n) is 4.04. The quantitative estimate of drug-likeness (QED) is 0.868. The number of rotatable bonds is 4. The SMILES string of the molecule is CC(CC(=O)O)C1CCCN(C(=O)c2cccnc2Cl)C1. The van der Waals surface area contributed by atoms with E-state index in [9.17, 15) is 9.59 Å². The Balaban J connectivity index is 2.05. The van der Waals surface area contributed by atoms with Gasteiger partial charge in [-0.1, -0.05) is 18.5 Å². The summed E-state index contributed by atoms with van der Waals surface area (Å²) in [6, 6.07) is 3.36. The van der Waals surface area contributed by atoms with Crippen molar-refractivity contribution in [3.8, 4) is 0 Å². The van der Waals surface area contributed by atoms with E-state index in [2.05, 4.69) is 4.98 Å². The van der Waals surface area contributed by atoms with Gasteiger partial charge in [0.2, 0.25) is 0 Å². The van der Waals surface area contributed by atoms with Crippen LogP contribution >= 0.6 is 11.6 Å². The Morgan fingerprint density at radius 1 is 1.57 bits per heavy atom. The van der Waals surface area contributed by atoms with E-state index in [0.717, 1.165) is 12.8 Å². The number of aliphatic carboxylic acids is 1. The van der Waals surface area contributed by atoms with Crippen molar-refractivity contribution in [2.75, 3.05) is 13.1 Å². The monoisotopic (exact) mass is 310 g/mol. The first-order chi connectivity index (χ1) is 9.99. The second-order valence-electron chi connectivity index (χ2n) is 5.57. The zero-order chi connectivity index (χ0) is 15.4. The van der Waals surface area contributed by atoms with Crippen molar-refractivity contribution in [2.24, 2.45) is 11.8 Å². The Hall–Kier alpha value is -1.62. The highest BCUT2D eigenvalue weighted by Gasteiger charge is 2.29. The third kappa shape index (κ3) is 3.94. The molecule has 6 heteroatoms. The summed E-state index contributed by atoms with van der Waals surface area (Å²) in [5.74, 6) is -0.640. The number of piperidine rings is 1. The fraction of sp³-hybridized carbons (Fsp3) is 0.533. The van der Waals surface area contributed by atoms with Crippen molar-refractivity contribution >= 4 is 23.5 Å². The smallest absolute Gasteiger partial charge is 0.303 e. The number of hydrogen-bond acceptors (Lipinski definition) is 3. The van der Waals surface area contributed by atoms with Crippen LogP contribution < -0.4 is 0 Å². The van der Waals surface area contributed by atoms with Crippen LogP contribution in [0.1, 0.15) is 36.5 Å². The minimum atomic E-state index is -0.791. The lowest BCUT2D eigenvalue weighted by Crippen LogP contribution is -2.42. The van der Waals surface area contributed by atoms with Crippen LogP contribution in [0.4, 0.5) is 0 Å². The average Bonchev–Trinajstić information content (AvgIpc) is 2.46. The predicted molar refractivity (Wildman–Crippen MR) is 79.3 cm³/mol. The number of amides is 1. The van der Waals surface area contributed by atoms with E-state index < -0.39 is 5.97 Å². The van der Waals surface area contributed by atoms with Gasteiger partial charge in [0, 0.05) is 25.7 Å². The van der Waals surface area contributed by atoms with Gasteiger partial charge in [-0.15, -0.1) is 0 Å². The number of likely N-dealkylation sites (tertiary alicyclic amines) is 1. The van der Waals surface area contributed by atoms with Gasteiger partial charge in [0.15, 0.2) is 0 Å². The van der Waals surface area contributed by atoms with Crippen molar-refractivity contribution in [3.05, 3.63) is 29.0 Å². The van der Waals surface area contributed by atoms with E-state index in [1.54, 1.807) is 23.2 Å². The number of pyridine rings is 1. The standard InChI is InChI=1S/C15H19ClN2O3/c1-10(8-13(19)20)11-4-3-7-18(9-11)15(21)12-5-2-6-17-14(12)16/h2,5-6,10-11H,3-4,7-9H2,1H3,(H,19,20). The molecule has 1 N–H and O–H groups in total. The Morgan fingerprint density at radius 3 is 3.00 bits per heavy atom. The summed E-state index contributed by atoms with van der Waals surface area (Å²) in [6.45, 7) is 3.20. The molecule has 2 atom stereocenters. The number of carbonyl (C=O) groups excluding carboxylic acids is 1. The molecule has 2 rings (SSSR count). The van der Waals surface area contributed by atoms with Crippen molar-refractivity contribution in [1.82, 2.24) is 9.88 Å². The second kappa shape index (κ2) is 6.89. The maximum absolute atomic E-state index is 12.5. The molecule has 1 fully saturated rings. The maximum Gasteiger partial charge on any atom is 0.303 e. The van der Waals surface area contributed by atoms with Crippen molar-refractivity contribution in [2.45, 2.75) is 26.2 Å². The molecule has 114 valence electrons. The molecule has 1 aliphatic heterocycles. The molecule has 0 bridgehead atoms. The molecule has 5 nitrogen and oxygen atoms in total. The third-order valence-corrected chi connectivity index (χ3v) is 4.34. The number of halogens is 1. The minimum absolute atomic E-state index is 0.0578. The lowest BCUT2D eigenvalue weighted by atomic mass is 9.84. The molecular formula is C15H19ClN2O3. The molecule has 0 spiro atoms. The number of carboxylic acid groups (broad SMARTS) is 1. The van der Waals surface area contributed by atoms with Gasteiger partial charge in [-0.05, 0) is 36.8 Å². The summed E-state index contributed by atoms with van der Waals surface area (Å²) in [7, 11) is 0. The first-order valence-electron chi connectivity index (χ1n) is 7.10. The van der Waals surface area contributed by atoms with Gasteiger partial charge in [-0.25, -0.2) is 4.98 Å². The molecule has 0 saturated carbocycles. The topological polar surface area (TPSA) is 70.5 Å². The van der Waals surface area contributed by atoms with Gasteiger partial charge in [0.1, 0.15) is 5.15 Å². The molecule has 0 radical (unpaired) electrons. The van der Waals surface area contributed by atoms with E-state index >= 15 is 0 Å². The van der Waals surface area contributed by atoms with Crippen LogP contribution in [0, 0.1) is 11.8 Å². The first kappa shape index (κ1) is 15.8. The van der Waals surface area contributed by atoms with Crippen molar-refractivity contribution < 1.29 is 14.7 Å². The minimum Gasteiger partial charge on any atom is -0.481 e. The van der Waals surface area contributed by atoms with Crippen LogP contribution in [0.3, 0.4) is 0 Å².